The van der Waals surface area contributed by atoms with Crippen LogP contribution in [0.25, 0.3) is 0 Å². The number of rotatable bonds is 0. The second-order valence-corrected chi connectivity index (χ2v) is 5.28. The average molecular weight is 215 g/mol. The van der Waals surface area contributed by atoms with Gasteiger partial charge in [0.05, 0.1) is 9.75 Å². The van der Waals surface area contributed by atoms with Gasteiger partial charge in [-0.05, 0) is 0 Å². The van der Waals surface area contributed by atoms with Gasteiger partial charge in [-0.25, -0.2) is 0 Å². The van der Waals surface area contributed by atoms with Gasteiger partial charge in [0.1, 0.15) is 5.60 Å². The van der Waals surface area contributed by atoms with Crippen LogP contribution in [0.2, 0.25) is 0 Å². The molecule has 0 aromatic heterocycles. The number of halogens is 2. The average Bonchev–Trinajstić information content (AvgIpc) is 2.58. The van der Waals surface area contributed by atoms with Gasteiger partial charge >= 0.3 is 0 Å². The lowest BCUT2D eigenvalue weighted by atomic mass is 9.85. The molecule has 0 saturated heterocycles. The molecular formula is C10H8Cl2O. The van der Waals surface area contributed by atoms with Crippen LogP contribution in [0.5, 0.6) is 0 Å². The van der Waals surface area contributed by atoms with E-state index in [0.717, 1.165) is 0 Å². The fourth-order valence-corrected chi connectivity index (χ4v) is 3.59. The van der Waals surface area contributed by atoms with Crippen LogP contribution in [0.3, 0.4) is 0 Å². The molecule has 2 atom stereocenters. The van der Waals surface area contributed by atoms with E-state index in [1.54, 1.807) is 12.2 Å². The number of aliphatic hydroxyl groups is 1. The van der Waals surface area contributed by atoms with Gasteiger partial charge in [-0.1, -0.05) is 36.5 Å². The van der Waals surface area contributed by atoms with E-state index in [0.29, 0.717) is 0 Å². The molecule has 0 aliphatic heterocycles. The van der Waals surface area contributed by atoms with Gasteiger partial charge in [0.2, 0.25) is 0 Å². The van der Waals surface area contributed by atoms with Crippen LogP contribution in [0.15, 0.2) is 36.5 Å². The minimum Gasteiger partial charge on any atom is -0.381 e. The summed E-state index contributed by atoms with van der Waals surface area (Å²) in [7, 11) is 0. The Morgan fingerprint density at radius 2 is 1.23 bits per heavy atom. The summed E-state index contributed by atoms with van der Waals surface area (Å²) < 4.78 is 0. The van der Waals surface area contributed by atoms with Crippen molar-refractivity contribution in [2.45, 2.75) is 15.3 Å². The third-order valence-electron chi connectivity index (χ3n) is 3.15. The molecule has 2 unspecified atom stereocenters. The third-order valence-corrected chi connectivity index (χ3v) is 4.09. The highest BCUT2D eigenvalue weighted by Gasteiger charge is 2.63. The van der Waals surface area contributed by atoms with Crippen molar-refractivity contribution in [1.82, 2.24) is 0 Å². The van der Waals surface area contributed by atoms with Crippen LogP contribution >= 0.6 is 23.2 Å². The molecule has 0 saturated carbocycles. The van der Waals surface area contributed by atoms with Crippen molar-refractivity contribution >= 4 is 23.2 Å². The van der Waals surface area contributed by atoms with Crippen LogP contribution in [-0.4, -0.2) is 20.5 Å². The number of alkyl halides is 2. The van der Waals surface area contributed by atoms with Gasteiger partial charge in [0.25, 0.3) is 0 Å². The van der Waals surface area contributed by atoms with E-state index in [1.165, 1.54) is 0 Å². The first kappa shape index (κ1) is 8.10. The first-order valence-electron chi connectivity index (χ1n) is 4.20. The minimum atomic E-state index is -0.951. The summed E-state index contributed by atoms with van der Waals surface area (Å²) in [4.78, 5) is -1.19. The van der Waals surface area contributed by atoms with Crippen LogP contribution < -0.4 is 0 Å². The van der Waals surface area contributed by atoms with Crippen molar-refractivity contribution in [2.24, 2.45) is 5.92 Å². The highest BCUT2D eigenvalue weighted by atomic mass is 35.5. The van der Waals surface area contributed by atoms with Crippen molar-refractivity contribution in [1.29, 1.82) is 0 Å². The molecule has 13 heavy (non-hydrogen) atoms. The normalized spacial score (nSPS) is 60.7. The van der Waals surface area contributed by atoms with Gasteiger partial charge < -0.3 is 5.11 Å². The SMILES string of the molecule is OC12C=CC3(Cl)C=CC(Cl)(C=C1)C23. The summed E-state index contributed by atoms with van der Waals surface area (Å²) >= 11 is 12.6. The Bertz CT molecular complexity index is 292. The summed E-state index contributed by atoms with van der Waals surface area (Å²) in [6.07, 6.45) is 10.8. The van der Waals surface area contributed by atoms with E-state index in [-0.39, 0.29) is 5.92 Å². The molecule has 0 spiro atoms. The van der Waals surface area contributed by atoms with Crippen LogP contribution in [0, 0.1) is 5.92 Å². The topological polar surface area (TPSA) is 20.2 Å². The van der Waals surface area contributed by atoms with Gasteiger partial charge in [0, 0.05) is 5.92 Å². The molecule has 3 aliphatic carbocycles. The van der Waals surface area contributed by atoms with Crippen LogP contribution in [-0.2, 0) is 0 Å². The first-order chi connectivity index (χ1) is 5.99. The maximum atomic E-state index is 10.2. The molecule has 0 heterocycles. The van der Waals surface area contributed by atoms with Crippen molar-refractivity contribution in [3.8, 4) is 0 Å². The molecule has 0 aromatic carbocycles. The van der Waals surface area contributed by atoms with Gasteiger partial charge in [-0.15, -0.1) is 23.2 Å². The molecule has 1 nitrogen and oxygen atoms in total. The lowest BCUT2D eigenvalue weighted by Gasteiger charge is -2.32. The molecule has 0 radical (unpaired) electrons. The fourth-order valence-electron chi connectivity index (χ4n) is 2.57. The molecule has 0 amide bonds. The summed E-state index contributed by atoms with van der Waals surface area (Å²) in [5.41, 5.74) is -0.951. The van der Waals surface area contributed by atoms with Crippen molar-refractivity contribution in [3.05, 3.63) is 36.5 Å². The number of hydrogen-bond donors (Lipinski definition) is 1. The second-order valence-electron chi connectivity index (χ2n) is 3.97. The van der Waals surface area contributed by atoms with E-state index in [4.69, 9.17) is 23.2 Å². The summed E-state index contributed by atoms with van der Waals surface area (Å²) in [5.74, 6) is -0.184. The molecule has 0 bridgehead atoms. The quantitative estimate of drug-likeness (QED) is 0.484. The Morgan fingerprint density at radius 1 is 0.846 bits per heavy atom. The van der Waals surface area contributed by atoms with E-state index in [2.05, 4.69) is 0 Å². The minimum absolute atomic E-state index is 0.184. The van der Waals surface area contributed by atoms with Gasteiger partial charge in [0.15, 0.2) is 0 Å². The second kappa shape index (κ2) is 1.90. The monoisotopic (exact) mass is 214 g/mol. The van der Waals surface area contributed by atoms with Gasteiger partial charge in [-0.2, -0.15) is 0 Å². The molecule has 68 valence electrons. The predicted molar refractivity (Wildman–Crippen MR) is 53.0 cm³/mol. The molecule has 0 aromatic rings. The smallest absolute Gasteiger partial charge is 0.108 e. The Kier molecular flexibility index (Phi) is 1.18. The van der Waals surface area contributed by atoms with E-state index >= 15 is 0 Å². The maximum absolute atomic E-state index is 10.2. The Morgan fingerprint density at radius 3 is 1.69 bits per heavy atom. The standard InChI is InChI=1S/C10H8Cl2O/c11-8-1-2-9(12)4-6-10(13,5-3-8)7(8)9/h1-7,13H. The van der Waals surface area contributed by atoms with Crippen LogP contribution in [0.4, 0.5) is 0 Å². The molecule has 1 N–H and O–H groups in total. The van der Waals surface area contributed by atoms with Gasteiger partial charge in [-0.3, -0.25) is 0 Å². The van der Waals surface area contributed by atoms with E-state index in [9.17, 15) is 5.11 Å². The number of allylic oxidation sites excluding steroid dienone is 4. The highest BCUT2D eigenvalue weighted by Crippen LogP contribution is 2.59. The molecular weight excluding hydrogens is 207 g/mol. The summed E-state index contributed by atoms with van der Waals surface area (Å²) in [6, 6.07) is 0. The Hall–Kier alpha value is -0.240. The highest BCUT2D eigenvalue weighted by molar-refractivity contribution is 6.33. The molecule has 3 rings (SSSR count). The fraction of sp³-hybridized carbons (Fsp3) is 0.400. The summed E-state index contributed by atoms with van der Waals surface area (Å²) in [6.45, 7) is 0. The maximum Gasteiger partial charge on any atom is 0.108 e. The lowest BCUT2D eigenvalue weighted by molar-refractivity contribution is 0.0893. The lowest BCUT2D eigenvalue weighted by Crippen LogP contribution is -2.42. The van der Waals surface area contributed by atoms with Crippen molar-refractivity contribution < 1.29 is 5.11 Å². The zero-order chi connectivity index (χ0) is 9.32. The third kappa shape index (κ3) is 0.746. The summed E-state index contributed by atoms with van der Waals surface area (Å²) in [5, 5.41) is 10.2. The zero-order valence-corrected chi connectivity index (χ0v) is 8.26. The van der Waals surface area contributed by atoms with Crippen molar-refractivity contribution in [2.75, 3.05) is 0 Å². The largest absolute Gasteiger partial charge is 0.381 e. The Labute approximate surface area is 86.3 Å². The van der Waals surface area contributed by atoms with Crippen molar-refractivity contribution in [3.63, 3.8) is 0 Å². The van der Waals surface area contributed by atoms with Crippen LogP contribution in [0.1, 0.15) is 0 Å². The molecule has 3 heteroatoms. The molecule has 3 aliphatic rings. The predicted octanol–water partition coefficient (Wildman–Crippen LogP) is 2.00. The molecule has 0 fully saturated rings. The zero-order valence-electron chi connectivity index (χ0n) is 6.74. The van der Waals surface area contributed by atoms with E-state index in [1.807, 2.05) is 24.3 Å². The number of hydrogen-bond acceptors (Lipinski definition) is 1. The first-order valence-corrected chi connectivity index (χ1v) is 4.96. The Balaban J connectivity index is 2.25. The van der Waals surface area contributed by atoms with E-state index < -0.39 is 15.3 Å².